The summed E-state index contributed by atoms with van der Waals surface area (Å²) in [7, 11) is -0.304. The molecule has 3 aromatic rings. The molecule has 2 aromatic heterocycles. The van der Waals surface area contributed by atoms with Crippen LogP contribution in [0.1, 0.15) is 6.92 Å². The Labute approximate surface area is 212 Å². The highest BCUT2D eigenvalue weighted by Gasteiger charge is 2.33. The Morgan fingerprint density at radius 2 is 2.06 bits per heavy atom. The third-order valence-electron chi connectivity index (χ3n) is 5.25. The maximum absolute atomic E-state index is 12.2. The van der Waals surface area contributed by atoms with Crippen LogP contribution in [0.2, 0.25) is 5.02 Å². The Bertz CT molecular complexity index is 1350. The Kier molecular flexibility index (Phi) is 7.52. The number of halogens is 1. The fraction of sp³-hybridized carbons (Fsp3) is 0.333. The number of hydrogen-bond donors (Lipinski definition) is 2. The summed E-state index contributed by atoms with van der Waals surface area (Å²) in [6.07, 6.45) is 1.61. The van der Waals surface area contributed by atoms with Gasteiger partial charge in [0.25, 0.3) is 10.2 Å². The Balaban J connectivity index is 1.60. The van der Waals surface area contributed by atoms with Crippen LogP contribution in [0.25, 0.3) is 21.8 Å². The van der Waals surface area contributed by atoms with E-state index in [4.69, 9.17) is 16.3 Å². The van der Waals surface area contributed by atoms with Crippen LogP contribution in [0.5, 0.6) is 5.75 Å². The number of ether oxygens (including phenoxy) is 1. The highest BCUT2D eigenvalue weighted by Crippen LogP contribution is 2.40. The molecule has 0 radical (unpaired) electrons. The monoisotopic (exact) mass is 537 g/mol. The minimum Gasteiger partial charge on any atom is -0.495 e. The standard InChI is InChI=1S/C21H24ClN7O4S2/c1-13(30)25-21-27-18(14-4-5-15(22)17(12-14)33-3)19(34-21)16-6-7-23-20(26-16)24-8-9-29-11-10-28(2)35(29,31)32/h4-7,12H,8-11H2,1-3H3,(H,23,24,26)(H,25,27,30). The van der Waals surface area contributed by atoms with Crippen LogP contribution in [0, 0.1) is 0 Å². The molecule has 0 unspecified atom stereocenters. The van der Waals surface area contributed by atoms with E-state index in [2.05, 4.69) is 25.6 Å². The van der Waals surface area contributed by atoms with E-state index in [-0.39, 0.29) is 5.91 Å². The Morgan fingerprint density at radius 1 is 1.26 bits per heavy atom. The lowest BCUT2D eigenvalue weighted by Crippen LogP contribution is -2.34. The minimum absolute atomic E-state index is 0.238. The summed E-state index contributed by atoms with van der Waals surface area (Å²) in [6.45, 7) is 2.97. The molecule has 1 fully saturated rings. The van der Waals surface area contributed by atoms with Gasteiger partial charge in [-0.2, -0.15) is 17.0 Å². The number of amides is 1. The fourth-order valence-electron chi connectivity index (χ4n) is 3.47. The van der Waals surface area contributed by atoms with Crippen molar-refractivity contribution in [3.8, 4) is 27.6 Å². The largest absolute Gasteiger partial charge is 0.495 e. The molecule has 0 bridgehead atoms. The summed E-state index contributed by atoms with van der Waals surface area (Å²) in [5.74, 6) is 0.608. The zero-order chi connectivity index (χ0) is 25.2. The predicted molar refractivity (Wildman–Crippen MR) is 136 cm³/mol. The third-order valence-corrected chi connectivity index (χ3v) is 8.55. The van der Waals surface area contributed by atoms with E-state index in [0.717, 1.165) is 5.56 Å². The van der Waals surface area contributed by atoms with Crippen molar-refractivity contribution in [2.75, 3.05) is 51.0 Å². The van der Waals surface area contributed by atoms with Crippen LogP contribution in [-0.2, 0) is 15.0 Å². The summed E-state index contributed by atoms with van der Waals surface area (Å²) in [5, 5.41) is 6.70. The van der Waals surface area contributed by atoms with Crippen molar-refractivity contribution in [1.82, 2.24) is 23.6 Å². The minimum atomic E-state index is -3.40. The van der Waals surface area contributed by atoms with E-state index in [1.165, 1.54) is 34.0 Å². The second-order valence-electron chi connectivity index (χ2n) is 7.65. The first-order valence-electron chi connectivity index (χ1n) is 10.6. The molecule has 1 aromatic carbocycles. The first kappa shape index (κ1) is 25.3. The van der Waals surface area contributed by atoms with Crippen LogP contribution < -0.4 is 15.4 Å². The van der Waals surface area contributed by atoms with E-state index in [1.807, 2.05) is 6.07 Å². The Morgan fingerprint density at radius 3 is 2.74 bits per heavy atom. The number of carbonyl (C=O) groups is 1. The van der Waals surface area contributed by atoms with Crippen molar-refractivity contribution in [3.63, 3.8) is 0 Å². The van der Waals surface area contributed by atoms with Gasteiger partial charge in [-0.15, -0.1) is 0 Å². The first-order chi connectivity index (χ1) is 16.7. The van der Waals surface area contributed by atoms with E-state index >= 15 is 0 Å². The molecule has 4 rings (SSSR count). The van der Waals surface area contributed by atoms with Gasteiger partial charge in [0.05, 0.1) is 28.4 Å². The number of benzene rings is 1. The van der Waals surface area contributed by atoms with Gasteiger partial charge in [0.15, 0.2) is 5.13 Å². The van der Waals surface area contributed by atoms with Gasteiger partial charge in [0.1, 0.15) is 5.75 Å². The maximum Gasteiger partial charge on any atom is 0.281 e. The van der Waals surface area contributed by atoms with Gasteiger partial charge < -0.3 is 15.4 Å². The van der Waals surface area contributed by atoms with Gasteiger partial charge in [-0.25, -0.2) is 15.0 Å². The van der Waals surface area contributed by atoms with Crippen molar-refractivity contribution in [1.29, 1.82) is 0 Å². The van der Waals surface area contributed by atoms with Crippen LogP contribution >= 0.6 is 22.9 Å². The van der Waals surface area contributed by atoms with Gasteiger partial charge in [-0.3, -0.25) is 4.79 Å². The molecule has 11 nitrogen and oxygen atoms in total. The first-order valence-corrected chi connectivity index (χ1v) is 13.2. The van der Waals surface area contributed by atoms with Crippen LogP contribution in [-0.4, -0.2) is 78.2 Å². The third kappa shape index (κ3) is 5.54. The SMILES string of the molecule is COc1cc(-c2nc(NC(C)=O)sc2-c2ccnc(NCCN3CCN(C)S3(=O)=O)n2)ccc1Cl. The summed E-state index contributed by atoms with van der Waals surface area (Å²) in [5.41, 5.74) is 1.93. The molecule has 2 N–H and O–H groups in total. The number of likely N-dealkylation sites (N-methyl/N-ethyl adjacent to an activating group) is 1. The van der Waals surface area contributed by atoms with E-state index < -0.39 is 10.2 Å². The van der Waals surface area contributed by atoms with Gasteiger partial charge >= 0.3 is 0 Å². The van der Waals surface area contributed by atoms with Crippen molar-refractivity contribution in [2.45, 2.75) is 6.92 Å². The second kappa shape index (κ2) is 10.4. The van der Waals surface area contributed by atoms with Crippen molar-refractivity contribution in [2.24, 2.45) is 0 Å². The Hall–Kier alpha value is -2.84. The average Bonchev–Trinajstić information content (AvgIpc) is 3.35. The van der Waals surface area contributed by atoms with Gasteiger partial charge in [0.2, 0.25) is 11.9 Å². The molecule has 14 heteroatoms. The molecule has 0 saturated carbocycles. The molecular weight excluding hydrogens is 514 g/mol. The highest BCUT2D eigenvalue weighted by molar-refractivity contribution is 7.87. The van der Waals surface area contributed by atoms with E-state index in [0.29, 0.717) is 64.3 Å². The zero-order valence-electron chi connectivity index (χ0n) is 19.3. The maximum atomic E-state index is 12.2. The molecule has 3 heterocycles. The van der Waals surface area contributed by atoms with Crippen molar-refractivity contribution >= 4 is 50.1 Å². The molecule has 1 saturated heterocycles. The highest BCUT2D eigenvalue weighted by atomic mass is 35.5. The molecule has 0 atom stereocenters. The lowest BCUT2D eigenvalue weighted by molar-refractivity contribution is -0.114. The van der Waals surface area contributed by atoms with Crippen LogP contribution in [0.15, 0.2) is 30.5 Å². The number of nitrogens with zero attached hydrogens (tertiary/aromatic N) is 5. The molecular formula is C21H24ClN7O4S2. The molecule has 1 aliphatic heterocycles. The van der Waals surface area contributed by atoms with E-state index in [1.54, 1.807) is 31.4 Å². The summed E-state index contributed by atoms with van der Waals surface area (Å²) < 4.78 is 32.5. The quantitative estimate of drug-likeness (QED) is 0.448. The topological polar surface area (TPSA) is 130 Å². The predicted octanol–water partition coefficient (Wildman–Crippen LogP) is 2.79. The summed E-state index contributed by atoms with van der Waals surface area (Å²) >= 11 is 7.46. The van der Waals surface area contributed by atoms with Crippen molar-refractivity contribution in [3.05, 3.63) is 35.5 Å². The van der Waals surface area contributed by atoms with E-state index in [9.17, 15) is 13.2 Å². The molecule has 186 valence electrons. The van der Waals surface area contributed by atoms with Crippen molar-refractivity contribution < 1.29 is 17.9 Å². The number of aromatic nitrogens is 3. The number of carbonyl (C=O) groups excluding carboxylic acids is 1. The molecule has 0 spiro atoms. The zero-order valence-corrected chi connectivity index (χ0v) is 21.7. The van der Waals surface area contributed by atoms with Gasteiger partial charge in [-0.05, 0) is 18.2 Å². The smallest absolute Gasteiger partial charge is 0.281 e. The van der Waals surface area contributed by atoms with Crippen LogP contribution in [0.4, 0.5) is 11.1 Å². The number of anilines is 2. The molecule has 35 heavy (non-hydrogen) atoms. The van der Waals surface area contributed by atoms with Gasteiger partial charge in [-0.1, -0.05) is 29.0 Å². The molecule has 0 aliphatic carbocycles. The molecule has 1 aliphatic rings. The number of hydrogen-bond acceptors (Lipinski definition) is 9. The van der Waals surface area contributed by atoms with Crippen LogP contribution in [0.3, 0.4) is 0 Å². The van der Waals surface area contributed by atoms with Gasteiger partial charge in [0, 0.05) is 51.9 Å². The number of nitrogens with one attached hydrogen (secondary N) is 2. The summed E-state index contributed by atoms with van der Waals surface area (Å²) in [4.78, 5) is 25.8. The second-order valence-corrected chi connectivity index (χ2v) is 11.1. The normalized spacial score (nSPS) is 15.8. The lowest BCUT2D eigenvalue weighted by Gasteiger charge is -2.16. The molecule has 1 amide bonds. The summed E-state index contributed by atoms with van der Waals surface area (Å²) in [6, 6.07) is 7.04. The average molecular weight is 538 g/mol. The number of thiazole rings is 1. The number of rotatable bonds is 8. The fourth-order valence-corrected chi connectivity index (χ4v) is 6.01. The lowest BCUT2D eigenvalue weighted by atomic mass is 10.1. The number of methoxy groups -OCH3 is 1.